The third kappa shape index (κ3) is 4.81. The van der Waals surface area contributed by atoms with Gasteiger partial charge in [-0.05, 0) is 54.6 Å². The molecular formula is C22H20N2O4S. The third-order valence-electron chi connectivity index (χ3n) is 4.75. The molecule has 148 valence electrons. The molecule has 0 saturated carbocycles. The predicted molar refractivity (Wildman–Crippen MR) is 109 cm³/mol. The summed E-state index contributed by atoms with van der Waals surface area (Å²) in [5.41, 5.74) is 0. The maximum atomic E-state index is 12.5. The maximum absolute atomic E-state index is 12.5. The Bertz CT molecular complexity index is 950. The molecule has 0 radical (unpaired) electrons. The summed E-state index contributed by atoms with van der Waals surface area (Å²) in [6.07, 6.45) is 2.87. The summed E-state index contributed by atoms with van der Waals surface area (Å²) in [7, 11) is 0. The number of pyridine rings is 1. The molecule has 7 heteroatoms. The highest BCUT2D eigenvalue weighted by molar-refractivity contribution is 7.12. The Morgan fingerprint density at radius 2 is 1.72 bits per heavy atom. The van der Waals surface area contributed by atoms with Gasteiger partial charge >= 0.3 is 5.97 Å². The summed E-state index contributed by atoms with van der Waals surface area (Å²) >= 11 is 1.44. The Morgan fingerprint density at radius 3 is 2.38 bits per heavy atom. The fourth-order valence-corrected chi connectivity index (χ4v) is 3.87. The number of ether oxygens (including phenoxy) is 2. The Morgan fingerprint density at radius 1 is 0.966 bits per heavy atom. The Hall–Kier alpha value is -3.19. The minimum Gasteiger partial charge on any atom is -0.439 e. The van der Waals surface area contributed by atoms with E-state index in [0.717, 1.165) is 4.88 Å². The summed E-state index contributed by atoms with van der Waals surface area (Å²) in [4.78, 5) is 31.5. The van der Waals surface area contributed by atoms with E-state index in [9.17, 15) is 9.59 Å². The zero-order valence-electron chi connectivity index (χ0n) is 15.7. The van der Waals surface area contributed by atoms with Gasteiger partial charge in [0.05, 0.1) is 10.8 Å². The van der Waals surface area contributed by atoms with E-state index in [4.69, 9.17) is 9.47 Å². The van der Waals surface area contributed by atoms with Crippen molar-refractivity contribution in [2.45, 2.75) is 12.8 Å². The van der Waals surface area contributed by atoms with Crippen LogP contribution in [0.25, 0.3) is 0 Å². The minimum atomic E-state index is -0.258. The summed E-state index contributed by atoms with van der Waals surface area (Å²) in [6.45, 7) is 1.13. The van der Waals surface area contributed by atoms with E-state index in [1.54, 1.807) is 41.4 Å². The largest absolute Gasteiger partial charge is 0.439 e. The van der Waals surface area contributed by atoms with Gasteiger partial charge in [0, 0.05) is 25.4 Å². The number of esters is 1. The molecule has 0 bridgehead atoms. The van der Waals surface area contributed by atoms with Crippen LogP contribution >= 0.6 is 11.3 Å². The van der Waals surface area contributed by atoms with E-state index in [1.165, 1.54) is 11.3 Å². The van der Waals surface area contributed by atoms with Gasteiger partial charge < -0.3 is 14.4 Å². The highest BCUT2D eigenvalue weighted by atomic mass is 32.1. The SMILES string of the molecule is O=C(Oc1ccc(Oc2ccccn2)cc1)C1CCN(C(=O)c2cccs2)CC1. The van der Waals surface area contributed by atoms with Gasteiger partial charge in [-0.1, -0.05) is 12.1 Å². The lowest BCUT2D eigenvalue weighted by Crippen LogP contribution is -2.40. The van der Waals surface area contributed by atoms with Crippen LogP contribution in [0.3, 0.4) is 0 Å². The molecule has 29 heavy (non-hydrogen) atoms. The van der Waals surface area contributed by atoms with Gasteiger partial charge in [-0.15, -0.1) is 11.3 Å². The quantitative estimate of drug-likeness (QED) is 0.463. The molecule has 1 saturated heterocycles. The van der Waals surface area contributed by atoms with Crippen LogP contribution in [0.1, 0.15) is 22.5 Å². The summed E-state index contributed by atoms with van der Waals surface area (Å²) in [5.74, 6) is 1.17. The second kappa shape index (κ2) is 8.87. The molecule has 1 aliphatic rings. The molecule has 0 unspecified atom stereocenters. The number of carbonyl (C=O) groups excluding carboxylic acids is 2. The van der Waals surface area contributed by atoms with Crippen molar-refractivity contribution in [2.75, 3.05) is 13.1 Å². The van der Waals surface area contributed by atoms with Crippen molar-refractivity contribution in [3.63, 3.8) is 0 Å². The Labute approximate surface area is 172 Å². The Balaban J connectivity index is 1.28. The Kier molecular flexibility index (Phi) is 5.86. The number of amides is 1. The van der Waals surface area contributed by atoms with Crippen LogP contribution in [-0.2, 0) is 4.79 Å². The van der Waals surface area contributed by atoms with Crippen LogP contribution in [0.2, 0.25) is 0 Å². The van der Waals surface area contributed by atoms with Gasteiger partial charge in [0.15, 0.2) is 0 Å². The molecule has 1 aliphatic heterocycles. The number of nitrogens with zero attached hydrogens (tertiary/aromatic N) is 2. The average Bonchev–Trinajstić information content (AvgIpc) is 3.30. The van der Waals surface area contributed by atoms with Gasteiger partial charge in [-0.3, -0.25) is 9.59 Å². The molecule has 6 nitrogen and oxygen atoms in total. The standard InChI is InChI=1S/C22H20N2O4S/c25-21(19-4-3-15-29-19)24-13-10-16(11-14-24)22(26)28-18-8-6-17(7-9-18)27-20-5-1-2-12-23-20/h1-9,12,15-16H,10-11,13-14H2. The number of likely N-dealkylation sites (tertiary alicyclic amines) is 1. The van der Waals surface area contributed by atoms with Crippen LogP contribution in [0.15, 0.2) is 66.2 Å². The summed E-state index contributed by atoms with van der Waals surface area (Å²) < 4.78 is 11.1. The summed E-state index contributed by atoms with van der Waals surface area (Å²) in [6, 6.07) is 16.0. The molecule has 3 aromatic rings. The first-order chi connectivity index (χ1) is 14.2. The molecule has 0 spiro atoms. The van der Waals surface area contributed by atoms with Crippen molar-refractivity contribution in [3.05, 3.63) is 71.1 Å². The first-order valence-corrected chi connectivity index (χ1v) is 10.3. The van der Waals surface area contributed by atoms with Gasteiger partial charge in [0.25, 0.3) is 5.91 Å². The molecule has 4 rings (SSSR count). The fourth-order valence-electron chi connectivity index (χ4n) is 3.18. The zero-order chi connectivity index (χ0) is 20.1. The summed E-state index contributed by atoms with van der Waals surface area (Å²) in [5, 5.41) is 1.89. The highest BCUT2D eigenvalue weighted by Crippen LogP contribution is 2.25. The van der Waals surface area contributed by atoms with E-state index >= 15 is 0 Å². The molecule has 0 N–H and O–H groups in total. The number of rotatable bonds is 5. The van der Waals surface area contributed by atoms with Gasteiger partial charge in [-0.25, -0.2) is 4.98 Å². The predicted octanol–water partition coefficient (Wildman–Crippen LogP) is 4.39. The van der Waals surface area contributed by atoms with Crippen molar-refractivity contribution in [2.24, 2.45) is 5.92 Å². The normalized spacial score (nSPS) is 14.4. The number of carbonyl (C=O) groups is 2. The number of thiophene rings is 1. The number of hydrogen-bond acceptors (Lipinski definition) is 6. The van der Waals surface area contributed by atoms with E-state index in [2.05, 4.69) is 4.98 Å². The number of benzene rings is 1. The molecule has 2 aromatic heterocycles. The number of aromatic nitrogens is 1. The van der Waals surface area contributed by atoms with Crippen molar-refractivity contribution in [3.8, 4) is 17.4 Å². The van der Waals surface area contributed by atoms with E-state index in [1.807, 2.05) is 29.6 Å². The van der Waals surface area contributed by atoms with Crippen molar-refractivity contribution in [1.29, 1.82) is 0 Å². The average molecular weight is 408 g/mol. The minimum absolute atomic E-state index is 0.0373. The van der Waals surface area contributed by atoms with Crippen LogP contribution in [-0.4, -0.2) is 34.8 Å². The van der Waals surface area contributed by atoms with Crippen LogP contribution in [0.4, 0.5) is 0 Å². The lowest BCUT2D eigenvalue weighted by atomic mass is 9.97. The topological polar surface area (TPSA) is 68.7 Å². The van der Waals surface area contributed by atoms with Gasteiger partial charge in [0.2, 0.25) is 5.88 Å². The molecule has 1 aromatic carbocycles. The lowest BCUT2D eigenvalue weighted by molar-refractivity contribution is -0.140. The molecular weight excluding hydrogens is 388 g/mol. The first kappa shape index (κ1) is 19.1. The second-order valence-electron chi connectivity index (χ2n) is 6.71. The number of piperidine rings is 1. The monoisotopic (exact) mass is 408 g/mol. The fraction of sp³-hybridized carbons (Fsp3) is 0.227. The van der Waals surface area contributed by atoms with Crippen molar-refractivity contribution in [1.82, 2.24) is 9.88 Å². The number of hydrogen-bond donors (Lipinski definition) is 0. The molecule has 3 heterocycles. The van der Waals surface area contributed by atoms with Crippen LogP contribution in [0, 0.1) is 5.92 Å². The third-order valence-corrected chi connectivity index (χ3v) is 5.61. The van der Waals surface area contributed by atoms with E-state index < -0.39 is 0 Å². The van der Waals surface area contributed by atoms with E-state index in [-0.39, 0.29) is 17.8 Å². The first-order valence-electron chi connectivity index (χ1n) is 9.42. The molecule has 1 fully saturated rings. The second-order valence-corrected chi connectivity index (χ2v) is 7.65. The van der Waals surface area contributed by atoms with Crippen molar-refractivity contribution < 1.29 is 19.1 Å². The van der Waals surface area contributed by atoms with Crippen LogP contribution < -0.4 is 9.47 Å². The zero-order valence-corrected chi connectivity index (χ0v) is 16.5. The lowest BCUT2D eigenvalue weighted by Gasteiger charge is -2.30. The van der Waals surface area contributed by atoms with E-state index in [0.29, 0.717) is 43.3 Å². The highest BCUT2D eigenvalue weighted by Gasteiger charge is 2.29. The van der Waals surface area contributed by atoms with Gasteiger partial charge in [0.1, 0.15) is 11.5 Å². The van der Waals surface area contributed by atoms with Crippen molar-refractivity contribution >= 4 is 23.2 Å². The molecule has 0 aliphatic carbocycles. The smallest absolute Gasteiger partial charge is 0.314 e. The van der Waals surface area contributed by atoms with Crippen LogP contribution in [0.5, 0.6) is 17.4 Å². The maximum Gasteiger partial charge on any atom is 0.314 e. The molecule has 1 amide bonds. The van der Waals surface area contributed by atoms with Gasteiger partial charge in [-0.2, -0.15) is 0 Å². The molecule has 0 atom stereocenters.